The first kappa shape index (κ1) is 14.7. The van der Waals surface area contributed by atoms with Gasteiger partial charge in [-0.1, -0.05) is 35.0 Å². The zero-order valence-corrected chi connectivity index (χ0v) is 12.0. The average molecular weight is 286 g/mol. The van der Waals surface area contributed by atoms with Crippen LogP contribution in [-0.4, -0.2) is 18.2 Å². The second-order valence-electron chi connectivity index (χ2n) is 4.66. The summed E-state index contributed by atoms with van der Waals surface area (Å²) in [6.45, 7) is 2.47. The molecule has 110 valence electrons. The molecule has 0 amide bonds. The Kier molecular flexibility index (Phi) is 4.66. The van der Waals surface area contributed by atoms with Crippen LogP contribution in [-0.2, 0) is 6.61 Å². The van der Waals surface area contributed by atoms with E-state index in [1.54, 1.807) is 25.3 Å². The maximum Gasteiger partial charge on any atom is 0.170 e. The Morgan fingerprint density at radius 1 is 1.19 bits per heavy atom. The summed E-state index contributed by atoms with van der Waals surface area (Å²) in [7, 11) is 1.55. The Labute approximate surface area is 123 Å². The number of hydrogen-bond acceptors (Lipinski definition) is 4. The fourth-order valence-electron chi connectivity index (χ4n) is 1.95. The molecule has 0 saturated heterocycles. The quantitative estimate of drug-likeness (QED) is 0.383. The summed E-state index contributed by atoms with van der Waals surface area (Å²) in [5.74, 6) is 1.19. The molecule has 0 bridgehead atoms. The topological polar surface area (TPSA) is 77.1 Å². The maximum absolute atomic E-state index is 8.76. The van der Waals surface area contributed by atoms with Gasteiger partial charge in [0, 0.05) is 11.6 Å². The fraction of sp³-hybridized carbons (Fsp3) is 0.188. The van der Waals surface area contributed by atoms with E-state index in [1.165, 1.54) is 5.56 Å². The predicted molar refractivity (Wildman–Crippen MR) is 81.0 cm³/mol. The molecule has 2 aromatic rings. The van der Waals surface area contributed by atoms with E-state index < -0.39 is 0 Å². The summed E-state index contributed by atoms with van der Waals surface area (Å²) in [5.41, 5.74) is 8.39. The molecule has 2 rings (SSSR count). The van der Waals surface area contributed by atoms with Crippen LogP contribution in [0.5, 0.6) is 11.5 Å². The van der Waals surface area contributed by atoms with Crippen molar-refractivity contribution in [3.05, 3.63) is 59.2 Å². The Morgan fingerprint density at radius 2 is 1.95 bits per heavy atom. The number of aryl methyl sites for hydroxylation is 1. The highest BCUT2D eigenvalue weighted by Gasteiger charge is 2.06. The van der Waals surface area contributed by atoms with Gasteiger partial charge >= 0.3 is 0 Å². The zero-order chi connectivity index (χ0) is 15.2. The molecule has 0 atom stereocenters. The van der Waals surface area contributed by atoms with E-state index in [1.807, 2.05) is 25.1 Å². The standard InChI is InChI=1S/C16H18N2O3/c1-11-4-3-5-12(6-11)10-21-15-8-13(16(17)18-19)7-14(9-15)20-2/h3-9,19H,10H2,1-2H3,(H2,17,18). The van der Waals surface area contributed by atoms with Gasteiger partial charge < -0.3 is 20.4 Å². The molecular formula is C16H18N2O3. The number of nitrogens with zero attached hydrogens (tertiary/aromatic N) is 1. The second kappa shape index (κ2) is 6.65. The van der Waals surface area contributed by atoms with E-state index in [-0.39, 0.29) is 5.84 Å². The van der Waals surface area contributed by atoms with Gasteiger partial charge in [-0.2, -0.15) is 0 Å². The molecule has 0 aliphatic carbocycles. The number of oxime groups is 1. The van der Waals surface area contributed by atoms with Gasteiger partial charge in [0.2, 0.25) is 0 Å². The molecule has 5 heteroatoms. The summed E-state index contributed by atoms with van der Waals surface area (Å²) in [5, 5.41) is 11.8. The molecule has 0 saturated carbocycles. The van der Waals surface area contributed by atoms with Gasteiger partial charge in [-0.25, -0.2) is 0 Å². The number of nitrogens with two attached hydrogens (primary N) is 1. The van der Waals surface area contributed by atoms with Crippen LogP contribution in [0.15, 0.2) is 47.6 Å². The van der Waals surface area contributed by atoms with Crippen molar-refractivity contribution in [2.75, 3.05) is 7.11 Å². The molecule has 0 unspecified atom stereocenters. The minimum Gasteiger partial charge on any atom is -0.497 e. The van der Waals surface area contributed by atoms with Crippen molar-refractivity contribution in [3.63, 3.8) is 0 Å². The molecule has 21 heavy (non-hydrogen) atoms. The predicted octanol–water partition coefficient (Wildman–Crippen LogP) is 2.68. The van der Waals surface area contributed by atoms with Crippen molar-refractivity contribution in [1.29, 1.82) is 0 Å². The lowest BCUT2D eigenvalue weighted by Gasteiger charge is -2.10. The first-order valence-corrected chi connectivity index (χ1v) is 6.47. The number of hydrogen-bond donors (Lipinski definition) is 2. The number of amidine groups is 1. The molecule has 0 aliphatic rings. The lowest BCUT2D eigenvalue weighted by Crippen LogP contribution is -2.13. The minimum atomic E-state index is 0.00862. The van der Waals surface area contributed by atoms with Gasteiger partial charge in [0.15, 0.2) is 5.84 Å². The van der Waals surface area contributed by atoms with Crippen LogP contribution in [0.25, 0.3) is 0 Å². The van der Waals surface area contributed by atoms with Crippen LogP contribution in [0.4, 0.5) is 0 Å². The third-order valence-electron chi connectivity index (χ3n) is 3.01. The Morgan fingerprint density at radius 3 is 2.62 bits per heavy atom. The molecular weight excluding hydrogens is 268 g/mol. The second-order valence-corrected chi connectivity index (χ2v) is 4.66. The molecule has 5 nitrogen and oxygen atoms in total. The lowest BCUT2D eigenvalue weighted by atomic mass is 10.1. The molecule has 2 aromatic carbocycles. The van der Waals surface area contributed by atoms with Crippen molar-refractivity contribution < 1.29 is 14.7 Å². The van der Waals surface area contributed by atoms with E-state index in [9.17, 15) is 0 Å². The SMILES string of the molecule is COc1cc(OCc2cccc(C)c2)cc(/C(N)=N/O)c1. The van der Waals surface area contributed by atoms with Crippen LogP contribution in [0.2, 0.25) is 0 Å². The third-order valence-corrected chi connectivity index (χ3v) is 3.01. The maximum atomic E-state index is 8.76. The molecule has 0 aliphatic heterocycles. The van der Waals surface area contributed by atoms with E-state index in [4.69, 9.17) is 20.4 Å². The van der Waals surface area contributed by atoms with Crippen molar-refractivity contribution in [3.8, 4) is 11.5 Å². The molecule has 0 heterocycles. The monoisotopic (exact) mass is 286 g/mol. The van der Waals surface area contributed by atoms with Crippen LogP contribution in [0, 0.1) is 6.92 Å². The summed E-state index contributed by atoms with van der Waals surface area (Å²) in [6.07, 6.45) is 0. The Bertz CT molecular complexity index is 654. The highest BCUT2D eigenvalue weighted by Crippen LogP contribution is 2.23. The zero-order valence-electron chi connectivity index (χ0n) is 12.0. The molecule has 0 spiro atoms. The van der Waals surface area contributed by atoms with Crippen LogP contribution in [0.3, 0.4) is 0 Å². The molecule has 0 radical (unpaired) electrons. The van der Waals surface area contributed by atoms with Gasteiger partial charge in [-0.05, 0) is 24.6 Å². The molecule has 3 N–H and O–H groups in total. The van der Waals surface area contributed by atoms with Gasteiger partial charge in [-0.15, -0.1) is 0 Å². The number of methoxy groups -OCH3 is 1. The van der Waals surface area contributed by atoms with Crippen LogP contribution >= 0.6 is 0 Å². The summed E-state index contributed by atoms with van der Waals surface area (Å²) < 4.78 is 10.9. The average Bonchev–Trinajstić information content (AvgIpc) is 2.51. The lowest BCUT2D eigenvalue weighted by molar-refractivity contribution is 0.303. The fourth-order valence-corrected chi connectivity index (χ4v) is 1.95. The Hall–Kier alpha value is -2.69. The van der Waals surface area contributed by atoms with Gasteiger partial charge in [0.25, 0.3) is 0 Å². The van der Waals surface area contributed by atoms with Gasteiger partial charge in [0.05, 0.1) is 7.11 Å². The van der Waals surface area contributed by atoms with Crippen molar-refractivity contribution in [1.82, 2.24) is 0 Å². The van der Waals surface area contributed by atoms with E-state index in [2.05, 4.69) is 11.2 Å². The minimum absolute atomic E-state index is 0.00862. The van der Waals surface area contributed by atoms with Crippen LogP contribution in [0.1, 0.15) is 16.7 Å². The summed E-state index contributed by atoms with van der Waals surface area (Å²) in [6, 6.07) is 13.2. The van der Waals surface area contributed by atoms with Gasteiger partial charge in [-0.3, -0.25) is 0 Å². The highest BCUT2D eigenvalue weighted by atomic mass is 16.5. The normalized spacial score (nSPS) is 11.2. The largest absolute Gasteiger partial charge is 0.497 e. The number of benzene rings is 2. The highest BCUT2D eigenvalue weighted by molar-refractivity contribution is 5.97. The van der Waals surface area contributed by atoms with E-state index >= 15 is 0 Å². The van der Waals surface area contributed by atoms with E-state index in [0.29, 0.717) is 23.7 Å². The smallest absolute Gasteiger partial charge is 0.170 e. The molecule has 0 fully saturated rings. The van der Waals surface area contributed by atoms with Crippen molar-refractivity contribution in [2.24, 2.45) is 10.9 Å². The number of ether oxygens (including phenoxy) is 2. The summed E-state index contributed by atoms with van der Waals surface area (Å²) in [4.78, 5) is 0. The van der Waals surface area contributed by atoms with E-state index in [0.717, 1.165) is 5.56 Å². The van der Waals surface area contributed by atoms with Crippen LogP contribution < -0.4 is 15.2 Å². The Balaban J connectivity index is 2.19. The third kappa shape index (κ3) is 3.89. The van der Waals surface area contributed by atoms with Crippen molar-refractivity contribution >= 4 is 5.84 Å². The summed E-state index contributed by atoms with van der Waals surface area (Å²) >= 11 is 0. The first-order valence-electron chi connectivity index (χ1n) is 6.47. The number of rotatable bonds is 5. The first-order chi connectivity index (χ1) is 10.1. The molecule has 0 aromatic heterocycles. The van der Waals surface area contributed by atoms with Crippen molar-refractivity contribution in [2.45, 2.75) is 13.5 Å². The van der Waals surface area contributed by atoms with Gasteiger partial charge in [0.1, 0.15) is 18.1 Å².